The fourth-order valence-electron chi connectivity index (χ4n) is 3.18. The van der Waals surface area contributed by atoms with E-state index in [1.54, 1.807) is 11.8 Å². The summed E-state index contributed by atoms with van der Waals surface area (Å²) in [5, 5.41) is 14.8. The van der Waals surface area contributed by atoms with Crippen LogP contribution in [-0.4, -0.2) is 40.0 Å². The first kappa shape index (κ1) is 18.0. The van der Waals surface area contributed by atoms with Crippen LogP contribution in [0.2, 0.25) is 0 Å². The number of rotatable bonds is 5. The molecule has 1 saturated heterocycles. The lowest BCUT2D eigenvalue weighted by molar-refractivity contribution is 0.0644. The van der Waals surface area contributed by atoms with Gasteiger partial charge in [0.15, 0.2) is 11.6 Å². The number of nitrogens with zero attached hydrogens (tertiary/aromatic N) is 4. The minimum atomic E-state index is -0.626. The number of nitriles is 1. The van der Waals surface area contributed by atoms with Crippen LogP contribution in [0.1, 0.15) is 35.6 Å². The average Bonchev–Trinajstić information content (AvgIpc) is 3.07. The van der Waals surface area contributed by atoms with Crippen molar-refractivity contribution in [2.75, 3.05) is 25.2 Å². The van der Waals surface area contributed by atoms with Crippen molar-refractivity contribution in [3.63, 3.8) is 0 Å². The standard InChI is InChI=1S/C19H24N4OS/c1-14-4-5-15(2)16(12-14)23-18(21-17(22-23)6-11-25-3)19(13-20)7-9-24-10-8-19/h4-5,12H,6-11H2,1-3H3. The fourth-order valence-corrected chi connectivity index (χ4v) is 3.57. The lowest BCUT2D eigenvalue weighted by atomic mass is 9.80. The van der Waals surface area contributed by atoms with Crippen molar-refractivity contribution in [1.29, 1.82) is 5.26 Å². The Balaban J connectivity index is 2.14. The zero-order valence-corrected chi connectivity index (χ0v) is 15.9. The Hall–Kier alpha value is -1.84. The molecule has 2 aromatic rings. The summed E-state index contributed by atoms with van der Waals surface area (Å²) in [7, 11) is 0. The van der Waals surface area contributed by atoms with Gasteiger partial charge in [-0.05, 0) is 50.1 Å². The monoisotopic (exact) mass is 356 g/mol. The van der Waals surface area contributed by atoms with Crippen LogP contribution in [0.5, 0.6) is 0 Å². The minimum Gasteiger partial charge on any atom is -0.381 e. The van der Waals surface area contributed by atoms with E-state index in [1.807, 2.05) is 4.68 Å². The molecular weight excluding hydrogens is 332 g/mol. The smallest absolute Gasteiger partial charge is 0.153 e. The molecule has 0 bridgehead atoms. The summed E-state index contributed by atoms with van der Waals surface area (Å²) < 4.78 is 7.41. The van der Waals surface area contributed by atoms with Gasteiger partial charge in [-0.3, -0.25) is 0 Å². The Morgan fingerprint density at radius 1 is 1.32 bits per heavy atom. The Bertz CT molecular complexity index is 787. The Morgan fingerprint density at radius 3 is 2.76 bits per heavy atom. The maximum Gasteiger partial charge on any atom is 0.153 e. The highest BCUT2D eigenvalue weighted by Gasteiger charge is 2.40. The summed E-state index contributed by atoms with van der Waals surface area (Å²) in [6.45, 7) is 5.33. The number of aromatic nitrogens is 3. The number of hydrogen-bond donors (Lipinski definition) is 0. The van der Waals surface area contributed by atoms with E-state index < -0.39 is 5.41 Å². The molecule has 1 aliphatic rings. The van der Waals surface area contributed by atoms with E-state index in [9.17, 15) is 5.26 Å². The van der Waals surface area contributed by atoms with Gasteiger partial charge in [-0.15, -0.1) is 0 Å². The van der Waals surface area contributed by atoms with Gasteiger partial charge in [0.05, 0.1) is 11.8 Å². The quantitative estimate of drug-likeness (QED) is 0.822. The normalized spacial score (nSPS) is 16.6. The van der Waals surface area contributed by atoms with Crippen molar-refractivity contribution in [3.05, 3.63) is 41.0 Å². The van der Waals surface area contributed by atoms with Crippen LogP contribution in [0, 0.1) is 25.2 Å². The SMILES string of the molecule is CSCCc1nc(C2(C#N)CCOCC2)n(-c2cc(C)ccc2C)n1. The van der Waals surface area contributed by atoms with E-state index in [0.29, 0.717) is 26.1 Å². The Labute approximate surface area is 153 Å². The summed E-state index contributed by atoms with van der Waals surface area (Å²) >= 11 is 1.78. The highest BCUT2D eigenvalue weighted by Crippen LogP contribution is 2.35. The van der Waals surface area contributed by atoms with E-state index in [2.05, 4.69) is 44.4 Å². The van der Waals surface area contributed by atoms with Crippen molar-refractivity contribution in [2.45, 2.75) is 38.5 Å². The molecule has 0 saturated carbocycles. The summed E-state index contributed by atoms with van der Waals surface area (Å²) in [6.07, 6.45) is 4.21. The lowest BCUT2D eigenvalue weighted by Crippen LogP contribution is -2.35. The molecule has 6 heteroatoms. The van der Waals surface area contributed by atoms with Crippen LogP contribution in [-0.2, 0) is 16.6 Å². The van der Waals surface area contributed by atoms with Crippen molar-refractivity contribution in [2.24, 2.45) is 0 Å². The van der Waals surface area contributed by atoms with Crippen LogP contribution in [0.3, 0.4) is 0 Å². The molecular formula is C19H24N4OS. The Kier molecular flexibility index (Phi) is 5.45. The van der Waals surface area contributed by atoms with Crippen molar-refractivity contribution in [1.82, 2.24) is 14.8 Å². The topological polar surface area (TPSA) is 63.7 Å². The minimum absolute atomic E-state index is 0.591. The molecule has 1 fully saturated rings. The summed E-state index contributed by atoms with van der Waals surface area (Å²) in [6, 6.07) is 8.85. The second kappa shape index (κ2) is 7.59. The van der Waals surface area contributed by atoms with E-state index in [-0.39, 0.29) is 0 Å². The summed E-state index contributed by atoms with van der Waals surface area (Å²) in [5.41, 5.74) is 2.69. The van der Waals surface area contributed by atoms with Gasteiger partial charge >= 0.3 is 0 Å². The maximum atomic E-state index is 9.98. The van der Waals surface area contributed by atoms with Gasteiger partial charge in [0.1, 0.15) is 5.41 Å². The van der Waals surface area contributed by atoms with Crippen LogP contribution < -0.4 is 0 Å². The molecule has 2 heterocycles. The maximum absolute atomic E-state index is 9.98. The third kappa shape index (κ3) is 3.58. The molecule has 0 amide bonds. The molecule has 0 atom stereocenters. The summed E-state index contributed by atoms with van der Waals surface area (Å²) in [4.78, 5) is 4.82. The van der Waals surface area contributed by atoms with Crippen LogP contribution in [0.25, 0.3) is 5.69 Å². The second-order valence-corrected chi connectivity index (χ2v) is 7.59. The van der Waals surface area contributed by atoms with Crippen molar-refractivity contribution < 1.29 is 4.74 Å². The zero-order valence-electron chi connectivity index (χ0n) is 15.1. The van der Waals surface area contributed by atoms with Gasteiger partial charge < -0.3 is 4.74 Å². The number of benzene rings is 1. The third-order valence-corrected chi connectivity index (χ3v) is 5.37. The summed E-state index contributed by atoms with van der Waals surface area (Å²) in [5.74, 6) is 2.55. The van der Waals surface area contributed by atoms with Crippen LogP contribution in [0.4, 0.5) is 0 Å². The van der Waals surface area contributed by atoms with Gasteiger partial charge in [-0.25, -0.2) is 9.67 Å². The fraction of sp³-hybridized carbons (Fsp3) is 0.526. The van der Waals surface area contributed by atoms with Crippen LogP contribution in [0.15, 0.2) is 18.2 Å². The molecule has 0 N–H and O–H groups in total. The molecule has 25 heavy (non-hydrogen) atoms. The average molecular weight is 356 g/mol. The first-order chi connectivity index (χ1) is 12.1. The third-order valence-electron chi connectivity index (χ3n) is 4.76. The van der Waals surface area contributed by atoms with Crippen molar-refractivity contribution in [3.8, 4) is 11.8 Å². The molecule has 0 radical (unpaired) electrons. The molecule has 3 rings (SSSR count). The highest BCUT2D eigenvalue weighted by atomic mass is 32.2. The molecule has 132 valence electrons. The van der Waals surface area contributed by atoms with Gasteiger partial charge in [0.25, 0.3) is 0 Å². The molecule has 1 aliphatic heterocycles. The largest absolute Gasteiger partial charge is 0.381 e. The predicted molar refractivity (Wildman–Crippen MR) is 100 cm³/mol. The van der Waals surface area contributed by atoms with E-state index >= 15 is 0 Å². The number of aryl methyl sites for hydroxylation is 3. The van der Waals surface area contributed by atoms with Gasteiger partial charge in [0, 0.05) is 25.4 Å². The first-order valence-electron chi connectivity index (χ1n) is 8.61. The second-order valence-electron chi connectivity index (χ2n) is 6.60. The lowest BCUT2D eigenvalue weighted by Gasteiger charge is -2.30. The number of hydrogen-bond acceptors (Lipinski definition) is 5. The van der Waals surface area contributed by atoms with Crippen LogP contribution >= 0.6 is 11.8 Å². The molecule has 0 spiro atoms. The van der Waals surface area contributed by atoms with E-state index in [1.165, 1.54) is 5.56 Å². The van der Waals surface area contributed by atoms with Crippen molar-refractivity contribution >= 4 is 11.8 Å². The molecule has 1 aromatic heterocycles. The molecule has 1 aromatic carbocycles. The van der Waals surface area contributed by atoms with E-state index in [4.69, 9.17) is 14.8 Å². The highest BCUT2D eigenvalue weighted by molar-refractivity contribution is 7.98. The number of ether oxygens (including phenoxy) is 1. The first-order valence-corrected chi connectivity index (χ1v) is 10.0. The molecule has 0 unspecified atom stereocenters. The van der Waals surface area contributed by atoms with Gasteiger partial charge in [-0.2, -0.15) is 22.1 Å². The van der Waals surface area contributed by atoms with E-state index in [0.717, 1.165) is 35.1 Å². The van der Waals surface area contributed by atoms with Gasteiger partial charge in [0.2, 0.25) is 0 Å². The Morgan fingerprint density at radius 2 is 2.08 bits per heavy atom. The zero-order chi connectivity index (χ0) is 17.9. The molecule has 0 aliphatic carbocycles. The number of thioether (sulfide) groups is 1. The molecule has 5 nitrogen and oxygen atoms in total. The van der Waals surface area contributed by atoms with Gasteiger partial charge in [-0.1, -0.05) is 12.1 Å². The predicted octanol–water partition coefficient (Wildman–Crippen LogP) is 3.36.